The second kappa shape index (κ2) is 6.86. The van der Waals surface area contributed by atoms with Crippen LogP contribution >= 0.6 is 0 Å². The van der Waals surface area contributed by atoms with Gasteiger partial charge in [0.15, 0.2) is 18.1 Å². The molecule has 1 heterocycles. The average Bonchev–Trinajstić information content (AvgIpc) is 2.60. The summed E-state index contributed by atoms with van der Waals surface area (Å²) in [5.41, 5.74) is 0.237. The fourth-order valence-corrected chi connectivity index (χ4v) is 2.16. The second-order valence-corrected chi connectivity index (χ2v) is 4.95. The van der Waals surface area contributed by atoms with Crippen LogP contribution in [-0.4, -0.2) is 30.7 Å². The van der Waals surface area contributed by atoms with Gasteiger partial charge in [-0.25, -0.2) is 0 Å². The molecule has 8 nitrogen and oxygen atoms in total. The summed E-state index contributed by atoms with van der Waals surface area (Å²) in [4.78, 5) is 22.1. The molecule has 0 aliphatic carbocycles. The number of non-ortho nitro benzene ring substituents is 1. The van der Waals surface area contributed by atoms with E-state index >= 15 is 0 Å². The molecular weight excluding hydrogens is 316 g/mol. The van der Waals surface area contributed by atoms with Crippen LogP contribution in [0.3, 0.4) is 0 Å². The van der Waals surface area contributed by atoms with Gasteiger partial charge < -0.3 is 19.5 Å². The highest BCUT2D eigenvalue weighted by Crippen LogP contribution is 2.33. The Labute approximate surface area is 137 Å². The number of anilines is 1. The third-order valence-corrected chi connectivity index (χ3v) is 3.22. The van der Waals surface area contributed by atoms with Crippen LogP contribution in [0.15, 0.2) is 42.5 Å². The maximum absolute atomic E-state index is 11.9. The maximum Gasteiger partial charge on any atom is 0.271 e. The smallest absolute Gasteiger partial charge is 0.271 e. The molecule has 0 bridgehead atoms. The van der Waals surface area contributed by atoms with Gasteiger partial charge in [-0.2, -0.15) is 0 Å². The van der Waals surface area contributed by atoms with Crippen molar-refractivity contribution in [2.24, 2.45) is 0 Å². The van der Waals surface area contributed by atoms with Gasteiger partial charge in [-0.3, -0.25) is 14.9 Å². The van der Waals surface area contributed by atoms with E-state index in [9.17, 15) is 14.9 Å². The number of amides is 1. The predicted octanol–water partition coefficient (Wildman–Crippen LogP) is 2.38. The topological polar surface area (TPSA) is 99.9 Å². The van der Waals surface area contributed by atoms with Crippen molar-refractivity contribution in [1.29, 1.82) is 0 Å². The standard InChI is InChI=1S/C16H14N2O6/c19-16(17-11-2-1-3-12(8-11)18(20)21)10-24-13-4-5-14-15(9-13)23-7-6-22-14/h1-5,8-9H,6-7,10H2,(H,17,19). The van der Waals surface area contributed by atoms with E-state index in [1.54, 1.807) is 24.3 Å². The molecule has 1 aliphatic heterocycles. The highest BCUT2D eigenvalue weighted by molar-refractivity contribution is 5.92. The molecule has 1 aliphatic rings. The monoisotopic (exact) mass is 330 g/mol. The van der Waals surface area contributed by atoms with Crippen LogP contribution in [0.2, 0.25) is 0 Å². The number of carbonyl (C=O) groups is 1. The Balaban J connectivity index is 1.57. The highest BCUT2D eigenvalue weighted by atomic mass is 16.6. The van der Waals surface area contributed by atoms with Gasteiger partial charge in [0.05, 0.1) is 4.92 Å². The number of benzene rings is 2. The lowest BCUT2D eigenvalue weighted by molar-refractivity contribution is -0.384. The summed E-state index contributed by atoms with van der Waals surface area (Å²) in [6, 6.07) is 10.7. The number of nitro groups is 1. The Morgan fingerprint density at radius 3 is 2.75 bits per heavy atom. The first-order valence-electron chi connectivity index (χ1n) is 7.18. The van der Waals surface area contributed by atoms with E-state index in [2.05, 4.69) is 5.32 Å². The van der Waals surface area contributed by atoms with Crippen LogP contribution in [0.5, 0.6) is 17.2 Å². The van der Waals surface area contributed by atoms with Crippen molar-refractivity contribution in [1.82, 2.24) is 0 Å². The van der Waals surface area contributed by atoms with E-state index in [4.69, 9.17) is 14.2 Å². The van der Waals surface area contributed by atoms with Crippen molar-refractivity contribution in [2.75, 3.05) is 25.1 Å². The zero-order valence-electron chi connectivity index (χ0n) is 12.6. The van der Waals surface area contributed by atoms with Crippen molar-refractivity contribution < 1.29 is 23.9 Å². The van der Waals surface area contributed by atoms with Crippen LogP contribution in [0, 0.1) is 10.1 Å². The molecular formula is C16H14N2O6. The summed E-state index contributed by atoms with van der Waals surface area (Å²) in [5, 5.41) is 13.3. The van der Waals surface area contributed by atoms with Gasteiger partial charge in [0, 0.05) is 23.9 Å². The first-order chi connectivity index (χ1) is 11.6. The van der Waals surface area contributed by atoms with Crippen molar-refractivity contribution in [3.05, 3.63) is 52.6 Å². The number of carbonyl (C=O) groups excluding carboxylic acids is 1. The lowest BCUT2D eigenvalue weighted by atomic mass is 10.3. The largest absolute Gasteiger partial charge is 0.486 e. The van der Waals surface area contributed by atoms with E-state index < -0.39 is 10.8 Å². The van der Waals surface area contributed by atoms with Crippen molar-refractivity contribution in [3.8, 4) is 17.2 Å². The number of fused-ring (bicyclic) bond motifs is 1. The van der Waals surface area contributed by atoms with Gasteiger partial charge in [-0.1, -0.05) is 6.07 Å². The number of nitrogens with zero attached hydrogens (tertiary/aromatic N) is 1. The minimum Gasteiger partial charge on any atom is -0.486 e. The molecule has 2 aromatic carbocycles. The zero-order chi connectivity index (χ0) is 16.9. The van der Waals surface area contributed by atoms with Crippen LogP contribution in [-0.2, 0) is 4.79 Å². The Kier molecular flexibility index (Phi) is 4.46. The summed E-state index contributed by atoms with van der Waals surface area (Å²) in [6.07, 6.45) is 0. The molecule has 124 valence electrons. The second-order valence-electron chi connectivity index (χ2n) is 4.95. The summed E-state index contributed by atoms with van der Waals surface area (Å²) in [6.45, 7) is 0.727. The number of nitrogens with one attached hydrogen (secondary N) is 1. The summed E-state index contributed by atoms with van der Waals surface area (Å²) in [7, 11) is 0. The Hall–Kier alpha value is -3.29. The number of rotatable bonds is 5. The number of ether oxygens (including phenoxy) is 3. The molecule has 1 N–H and O–H groups in total. The van der Waals surface area contributed by atoms with Gasteiger partial charge in [-0.15, -0.1) is 0 Å². The number of nitro benzene ring substituents is 1. The van der Waals surface area contributed by atoms with Gasteiger partial charge in [-0.05, 0) is 18.2 Å². The first kappa shape index (κ1) is 15.6. The Morgan fingerprint density at radius 1 is 1.17 bits per heavy atom. The average molecular weight is 330 g/mol. The van der Waals surface area contributed by atoms with E-state index in [1.807, 2.05) is 0 Å². The maximum atomic E-state index is 11.9. The van der Waals surface area contributed by atoms with Gasteiger partial charge in [0.2, 0.25) is 0 Å². The minimum absolute atomic E-state index is 0.0967. The summed E-state index contributed by atoms with van der Waals surface area (Å²) >= 11 is 0. The third kappa shape index (κ3) is 3.72. The molecule has 2 aromatic rings. The molecule has 0 saturated carbocycles. The minimum atomic E-state index is -0.526. The van der Waals surface area contributed by atoms with Crippen molar-refractivity contribution in [2.45, 2.75) is 0 Å². The summed E-state index contributed by atoms with van der Waals surface area (Å²) in [5.74, 6) is 1.24. The Bertz CT molecular complexity index is 777. The molecule has 0 unspecified atom stereocenters. The van der Waals surface area contributed by atoms with E-state index in [-0.39, 0.29) is 12.3 Å². The molecule has 0 saturated heterocycles. The molecule has 0 fully saturated rings. The van der Waals surface area contributed by atoms with Crippen LogP contribution in [0.4, 0.5) is 11.4 Å². The zero-order valence-corrected chi connectivity index (χ0v) is 12.6. The molecule has 24 heavy (non-hydrogen) atoms. The molecule has 3 rings (SSSR count). The number of hydrogen-bond acceptors (Lipinski definition) is 6. The normalized spacial score (nSPS) is 12.3. The van der Waals surface area contributed by atoms with Gasteiger partial charge in [0.25, 0.3) is 11.6 Å². The molecule has 1 amide bonds. The fourth-order valence-electron chi connectivity index (χ4n) is 2.16. The quantitative estimate of drug-likeness (QED) is 0.667. The SMILES string of the molecule is O=C(COc1ccc2c(c1)OCCO2)Nc1cccc([N+](=O)[O-])c1. The lowest BCUT2D eigenvalue weighted by Crippen LogP contribution is -2.20. The van der Waals surface area contributed by atoms with Crippen LogP contribution in [0.25, 0.3) is 0 Å². The molecule has 0 aromatic heterocycles. The lowest BCUT2D eigenvalue weighted by Gasteiger charge is -2.18. The van der Waals surface area contributed by atoms with Crippen molar-refractivity contribution >= 4 is 17.3 Å². The number of hydrogen-bond donors (Lipinski definition) is 1. The molecule has 8 heteroatoms. The van der Waals surface area contributed by atoms with Crippen LogP contribution < -0.4 is 19.5 Å². The third-order valence-electron chi connectivity index (χ3n) is 3.22. The van der Waals surface area contributed by atoms with E-state index in [1.165, 1.54) is 18.2 Å². The molecule has 0 spiro atoms. The van der Waals surface area contributed by atoms with E-state index in [0.717, 1.165) is 0 Å². The van der Waals surface area contributed by atoms with Gasteiger partial charge in [0.1, 0.15) is 19.0 Å². The van der Waals surface area contributed by atoms with Crippen molar-refractivity contribution in [3.63, 3.8) is 0 Å². The fraction of sp³-hybridized carbons (Fsp3) is 0.188. The van der Waals surface area contributed by atoms with Gasteiger partial charge >= 0.3 is 0 Å². The molecule has 0 radical (unpaired) electrons. The Morgan fingerprint density at radius 2 is 1.96 bits per heavy atom. The summed E-state index contributed by atoms with van der Waals surface area (Å²) < 4.78 is 16.2. The predicted molar refractivity (Wildman–Crippen MR) is 84.7 cm³/mol. The highest BCUT2D eigenvalue weighted by Gasteiger charge is 2.13. The first-order valence-corrected chi connectivity index (χ1v) is 7.18. The molecule has 0 atom stereocenters. The van der Waals surface area contributed by atoms with Crippen LogP contribution in [0.1, 0.15) is 0 Å². The van der Waals surface area contributed by atoms with E-state index in [0.29, 0.717) is 36.1 Å².